The van der Waals surface area contributed by atoms with Gasteiger partial charge in [-0.15, -0.1) is 0 Å². The van der Waals surface area contributed by atoms with Gasteiger partial charge in [-0.2, -0.15) is 0 Å². The van der Waals surface area contributed by atoms with Crippen molar-refractivity contribution in [2.45, 2.75) is 38.6 Å². The Hall–Kier alpha value is -2.41. The van der Waals surface area contributed by atoms with E-state index in [1.807, 2.05) is 42.6 Å². The van der Waals surface area contributed by atoms with Crippen LogP contribution >= 0.6 is 0 Å². The maximum Gasteiger partial charge on any atom is 0.259 e. The number of aromatic nitrogens is 2. The minimum Gasteiger partial charge on any atom is -0.361 e. The van der Waals surface area contributed by atoms with Gasteiger partial charge in [0.1, 0.15) is 11.3 Å². The number of fused-ring (bicyclic) bond motifs is 4. The van der Waals surface area contributed by atoms with Crippen LogP contribution in [0.5, 0.6) is 0 Å². The standard InChI is InChI=1S/C21H28N4O3/c1-5-16-20(13(2)28-22-16)21(27)24-10-14-9-15(11-24)18(12-23(3)4)25-17(14)7-6-8-19(25)26/h6-8,14-15,18H,5,9-12H2,1-4H3/t14-,15+,18+/m1/s1. The van der Waals surface area contributed by atoms with Gasteiger partial charge in [0.25, 0.3) is 11.5 Å². The predicted octanol–water partition coefficient (Wildman–Crippen LogP) is 2.07. The monoisotopic (exact) mass is 384 g/mol. The van der Waals surface area contributed by atoms with Crippen LogP contribution in [-0.4, -0.2) is 59.2 Å². The molecule has 2 aromatic heterocycles. The number of piperidine rings is 1. The fourth-order valence-corrected chi connectivity index (χ4v) is 4.91. The molecule has 0 aliphatic carbocycles. The molecule has 0 saturated carbocycles. The van der Waals surface area contributed by atoms with Gasteiger partial charge in [0, 0.05) is 37.3 Å². The molecule has 2 bridgehead atoms. The van der Waals surface area contributed by atoms with E-state index >= 15 is 0 Å². The Labute approximate surface area is 164 Å². The van der Waals surface area contributed by atoms with Crippen molar-refractivity contribution >= 4 is 5.91 Å². The molecule has 2 aromatic rings. The van der Waals surface area contributed by atoms with Gasteiger partial charge in [0.05, 0.1) is 11.7 Å². The van der Waals surface area contributed by atoms with E-state index in [0.29, 0.717) is 30.8 Å². The highest BCUT2D eigenvalue weighted by atomic mass is 16.5. The highest BCUT2D eigenvalue weighted by Gasteiger charge is 2.42. The number of hydrogen-bond acceptors (Lipinski definition) is 5. The number of aryl methyl sites for hydroxylation is 2. The van der Waals surface area contributed by atoms with E-state index < -0.39 is 0 Å². The number of rotatable bonds is 4. The van der Waals surface area contributed by atoms with E-state index in [0.717, 1.165) is 24.4 Å². The number of carbonyl (C=O) groups is 1. The van der Waals surface area contributed by atoms with E-state index in [1.165, 1.54) is 0 Å². The molecular formula is C21H28N4O3. The molecule has 2 aliphatic rings. The zero-order valence-corrected chi connectivity index (χ0v) is 17.0. The van der Waals surface area contributed by atoms with E-state index in [-0.39, 0.29) is 29.3 Å². The Morgan fingerprint density at radius 3 is 2.82 bits per heavy atom. The summed E-state index contributed by atoms with van der Waals surface area (Å²) in [5, 5.41) is 4.05. The Morgan fingerprint density at radius 2 is 2.11 bits per heavy atom. The Balaban J connectivity index is 1.71. The van der Waals surface area contributed by atoms with Crippen molar-refractivity contribution in [1.82, 2.24) is 19.5 Å². The fourth-order valence-electron chi connectivity index (χ4n) is 4.91. The van der Waals surface area contributed by atoms with Gasteiger partial charge < -0.3 is 18.9 Å². The Kier molecular flexibility index (Phi) is 4.87. The molecule has 4 rings (SSSR count). The van der Waals surface area contributed by atoms with E-state index in [9.17, 15) is 9.59 Å². The maximum absolute atomic E-state index is 13.3. The van der Waals surface area contributed by atoms with E-state index in [4.69, 9.17) is 4.52 Å². The first-order valence-electron chi connectivity index (χ1n) is 10.0. The SMILES string of the molecule is CCc1noc(C)c1C(=O)N1C[C@H]2C[C@@H](C1)[C@H](CN(C)C)n1c2cccc1=O. The van der Waals surface area contributed by atoms with Crippen molar-refractivity contribution in [3.8, 4) is 0 Å². The summed E-state index contributed by atoms with van der Waals surface area (Å²) in [6, 6.07) is 5.59. The molecule has 3 atom stereocenters. The third-order valence-electron chi connectivity index (χ3n) is 6.12. The summed E-state index contributed by atoms with van der Waals surface area (Å²) < 4.78 is 7.26. The van der Waals surface area contributed by atoms with Gasteiger partial charge in [-0.05, 0) is 45.8 Å². The normalized spacial score (nSPS) is 23.8. The predicted molar refractivity (Wildman–Crippen MR) is 106 cm³/mol. The molecule has 0 N–H and O–H groups in total. The summed E-state index contributed by atoms with van der Waals surface area (Å²) in [6.45, 7) is 5.84. The van der Waals surface area contributed by atoms with Gasteiger partial charge in [-0.3, -0.25) is 9.59 Å². The van der Waals surface area contributed by atoms with Crippen LogP contribution in [0.25, 0.3) is 0 Å². The van der Waals surface area contributed by atoms with Crippen molar-refractivity contribution in [2.24, 2.45) is 5.92 Å². The molecule has 0 radical (unpaired) electrons. The molecule has 150 valence electrons. The third kappa shape index (κ3) is 3.07. The van der Waals surface area contributed by atoms with Gasteiger partial charge in [-0.25, -0.2) is 0 Å². The molecule has 7 nitrogen and oxygen atoms in total. The quantitative estimate of drug-likeness (QED) is 0.807. The van der Waals surface area contributed by atoms with Crippen LogP contribution in [0.15, 0.2) is 27.5 Å². The average Bonchev–Trinajstić information content (AvgIpc) is 3.05. The highest BCUT2D eigenvalue weighted by molar-refractivity contribution is 5.96. The zero-order chi connectivity index (χ0) is 20.0. The second-order valence-corrected chi connectivity index (χ2v) is 8.31. The van der Waals surface area contributed by atoms with Crippen LogP contribution in [0.1, 0.15) is 52.8 Å². The number of carbonyl (C=O) groups excluding carboxylic acids is 1. The second kappa shape index (κ2) is 7.20. The topological polar surface area (TPSA) is 71.6 Å². The summed E-state index contributed by atoms with van der Waals surface area (Å²) in [5.41, 5.74) is 2.43. The molecule has 1 fully saturated rings. The maximum atomic E-state index is 13.3. The zero-order valence-electron chi connectivity index (χ0n) is 17.0. The first-order chi connectivity index (χ1) is 13.4. The molecule has 2 aliphatic heterocycles. The average molecular weight is 384 g/mol. The minimum atomic E-state index is 0.000584. The number of pyridine rings is 1. The van der Waals surface area contributed by atoms with Crippen LogP contribution in [0.3, 0.4) is 0 Å². The summed E-state index contributed by atoms with van der Waals surface area (Å²) in [4.78, 5) is 30.1. The van der Waals surface area contributed by atoms with Gasteiger partial charge in [-0.1, -0.05) is 18.1 Å². The van der Waals surface area contributed by atoms with Gasteiger partial charge in [0.2, 0.25) is 0 Å². The molecule has 4 heterocycles. The lowest BCUT2D eigenvalue weighted by atomic mass is 9.78. The number of likely N-dealkylation sites (N-methyl/N-ethyl adjacent to an activating group) is 1. The van der Waals surface area contributed by atoms with Crippen LogP contribution in [0, 0.1) is 12.8 Å². The molecule has 0 spiro atoms. The Bertz CT molecular complexity index is 945. The number of nitrogens with zero attached hydrogens (tertiary/aromatic N) is 4. The van der Waals surface area contributed by atoms with Crippen molar-refractivity contribution < 1.29 is 9.32 Å². The third-order valence-corrected chi connectivity index (χ3v) is 6.12. The molecular weight excluding hydrogens is 356 g/mol. The highest BCUT2D eigenvalue weighted by Crippen LogP contribution is 2.41. The van der Waals surface area contributed by atoms with Crippen LogP contribution in [0.4, 0.5) is 0 Å². The lowest BCUT2D eigenvalue weighted by Gasteiger charge is -2.47. The Morgan fingerprint density at radius 1 is 1.32 bits per heavy atom. The lowest BCUT2D eigenvalue weighted by Crippen LogP contribution is -2.53. The van der Waals surface area contributed by atoms with E-state index in [1.54, 1.807) is 13.0 Å². The van der Waals surface area contributed by atoms with Crippen LogP contribution in [-0.2, 0) is 6.42 Å². The molecule has 0 aromatic carbocycles. The smallest absolute Gasteiger partial charge is 0.259 e. The first kappa shape index (κ1) is 18.9. The minimum absolute atomic E-state index is 0.000584. The summed E-state index contributed by atoms with van der Waals surface area (Å²) in [6.07, 6.45) is 1.68. The fraction of sp³-hybridized carbons (Fsp3) is 0.571. The van der Waals surface area contributed by atoms with Crippen molar-refractivity contribution in [2.75, 3.05) is 33.7 Å². The summed E-state index contributed by atoms with van der Waals surface area (Å²) in [5.74, 6) is 1.02. The molecule has 28 heavy (non-hydrogen) atoms. The summed E-state index contributed by atoms with van der Waals surface area (Å²) in [7, 11) is 4.05. The van der Waals surface area contributed by atoms with Crippen molar-refractivity contribution in [3.63, 3.8) is 0 Å². The van der Waals surface area contributed by atoms with Crippen LogP contribution < -0.4 is 5.56 Å². The van der Waals surface area contributed by atoms with Gasteiger partial charge in [0.15, 0.2) is 0 Å². The molecule has 1 saturated heterocycles. The van der Waals surface area contributed by atoms with E-state index in [2.05, 4.69) is 10.1 Å². The van der Waals surface area contributed by atoms with Crippen LogP contribution in [0.2, 0.25) is 0 Å². The molecule has 1 amide bonds. The summed E-state index contributed by atoms with van der Waals surface area (Å²) >= 11 is 0. The second-order valence-electron chi connectivity index (χ2n) is 8.31. The molecule has 7 heteroatoms. The number of hydrogen-bond donors (Lipinski definition) is 0. The number of amides is 1. The van der Waals surface area contributed by atoms with Crippen molar-refractivity contribution in [3.05, 3.63) is 51.3 Å². The van der Waals surface area contributed by atoms with Gasteiger partial charge >= 0.3 is 0 Å². The number of likely N-dealkylation sites (tertiary alicyclic amines) is 1. The largest absolute Gasteiger partial charge is 0.361 e. The lowest BCUT2D eigenvalue weighted by molar-refractivity contribution is 0.0496. The molecule has 0 unspecified atom stereocenters. The van der Waals surface area contributed by atoms with Crippen molar-refractivity contribution in [1.29, 1.82) is 0 Å². The first-order valence-corrected chi connectivity index (χ1v) is 10.0.